The summed E-state index contributed by atoms with van der Waals surface area (Å²) in [6, 6.07) is -0.166. The molecule has 2 rings (SSSR count). The van der Waals surface area contributed by atoms with E-state index in [0.717, 1.165) is 10.9 Å². The lowest BCUT2D eigenvalue weighted by Crippen LogP contribution is -2.21. The second-order valence-corrected chi connectivity index (χ2v) is 6.06. The van der Waals surface area contributed by atoms with Gasteiger partial charge in [-0.05, 0) is 12.8 Å². The molecule has 0 saturated carbocycles. The molecule has 1 aliphatic heterocycles. The van der Waals surface area contributed by atoms with Gasteiger partial charge in [0.25, 0.3) is 9.05 Å². The average Bonchev–Trinajstić information content (AvgIpc) is 2.61. The molecular formula is C8H10ClFN2O3S. The summed E-state index contributed by atoms with van der Waals surface area (Å²) in [6.45, 7) is 1.04. The maximum Gasteiger partial charge on any atom is 0.267 e. The number of nitrogens with zero attached hydrogens (tertiary/aromatic N) is 2. The van der Waals surface area contributed by atoms with Crippen molar-refractivity contribution < 1.29 is 17.5 Å². The van der Waals surface area contributed by atoms with Crippen LogP contribution in [0.3, 0.4) is 0 Å². The van der Waals surface area contributed by atoms with Crippen molar-refractivity contribution in [2.75, 3.05) is 13.2 Å². The number of hydrogen-bond donors (Lipinski definition) is 0. The molecule has 2 heterocycles. The zero-order chi connectivity index (χ0) is 11.8. The molecule has 90 valence electrons. The molecule has 5 nitrogen and oxygen atoms in total. The normalized spacial score (nSPS) is 18.9. The smallest absolute Gasteiger partial charge is 0.267 e. The van der Waals surface area contributed by atoms with Gasteiger partial charge in [-0.3, -0.25) is 0 Å². The van der Waals surface area contributed by atoms with Crippen molar-refractivity contribution in [1.82, 2.24) is 9.78 Å². The molecule has 0 radical (unpaired) electrons. The van der Waals surface area contributed by atoms with Crippen LogP contribution in [-0.4, -0.2) is 31.4 Å². The Labute approximate surface area is 96.6 Å². The lowest BCUT2D eigenvalue weighted by atomic mass is 10.1. The second-order valence-electron chi connectivity index (χ2n) is 3.53. The highest BCUT2D eigenvalue weighted by molar-refractivity contribution is 8.13. The Kier molecular flexibility index (Phi) is 3.18. The number of halogens is 2. The molecule has 0 amide bonds. The highest BCUT2D eigenvalue weighted by Crippen LogP contribution is 2.25. The van der Waals surface area contributed by atoms with Crippen LogP contribution < -0.4 is 0 Å². The van der Waals surface area contributed by atoms with Crippen LogP contribution in [0.2, 0.25) is 0 Å². The third-order valence-corrected chi connectivity index (χ3v) is 3.80. The third-order valence-electron chi connectivity index (χ3n) is 2.50. The Balaban J connectivity index is 2.33. The Morgan fingerprint density at radius 3 is 2.62 bits per heavy atom. The highest BCUT2D eigenvalue weighted by atomic mass is 35.7. The largest absolute Gasteiger partial charge is 0.381 e. The molecule has 1 aromatic heterocycles. The molecule has 8 heteroatoms. The van der Waals surface area contributed by atoms with Gasteiger partial charge in [0.1, 0.15) is 0 Å². The van der Waals surface area contributed by atoms with Crippen molar-refractivity contribution in [3.63, 3.8) is 0 Å². The second kappa shape index (κ2) is 4.31. The first kappa shape index (κ1) is 11.8. The van der Waals surface area contributed by atoms with Gasteiger partial charge in [0, 0.05) is 23.9 Å². The number of ether oxygens (including phenoxy) is 1. The fourth-order valence-electron chi connectivity index (χ4n) is 1.68. The summed E-state index contributed by atoms with van der Waals surface area (Å²) in [6.07, 6.45) is 2.16. The van der Waals surface area contributed by atoms with Crippen LogP contribution in [0.25, 0.3) is 0 Å². The van der Waals surface area contributed by atoms with E-state index in [-0.39, 0.29) is 6.04 Å². The molecule has 0 N–H and O–H groups in total. The summed E-state index contributed by atoms with van der Waals surface area (Å²) in [5.74, 6) is -0.901. The van der Waals surface area contributed by atoms with Gasteiger partial charge in [0.15, 0.2) is 4.90 Å². The summed E-state index contributed by atoms with van der Waals surface area (Å²) in [5, 5.41) is 3.73. The van der Waals surface area contributed by atoms with E-state index in [0.29, 0.717) is 26.1 Å². The lowest BCUT2D eigenvalue weighted by molar-refractivity contribution is 0.0625. The molecule has 0 unspecified atom stereocenters. The maximum atomic E-state index is 13.7. The maximum absolute atomic E-state index is 13.7. The van der Waals surface area contributed by atoms with Gasteiger partial charge < -0.3 is 4.74 Å². The van der Waals surface area contributed by atoms with Crippen molar-refractivity contribution in [3.8, 4) is 0 Å². The molecule has 0 atom stereocenters. The molecule has 1 aliphatic rings. The molecular weight excluding hydrogens is 259 g/mol. The number of aromatic nitrogens is 2. The van der Waals surface area contributed by atoms with E-state index in [1.165, 1.54) is 0 Å². The molecule has 1 saturated heterocycles. The van der Waals surface area contributed by atoms with Crippen LogP contribution in [0, 0.1) is 5.95 Å². The van der Waals surface area contributed by atoms with Crippen molar-refractivity contribution in [1.29, 1.82) is 0 Å². The van der Waals surface area contributed by atoms with Gasteiger partial charge >= 0.3 is 0 Å². The van der Waals surface area contributed by atoms with Crippen LogP contribution in [0.1, 0.15) is 18.9 Å². The molecule has 0 aromatic carbocycles. The minimum atomic E-state index is -4.07. The van der Waals surface area contributed by atoms with Gasteiger partial charge in [0.05, 0.1) is 12.2 Å². The fourth-order valence-corrected chi connectivity index (χ4v) is 2.46. The van der Waals surface area contributed by atoms with E-state index >= 15 is 0 Å². The SMILES string of the molecule is O=S(=O)(Cl)c1cnn(C2CCOCC2)c1F. The Bertz CT molecular complexity index is 481. The fraction of sp³-hybridized carbons (Fsp3) is 0.625. The van der Waals surface area contributed by atoms with E-state index in [1.54, 1.807) is 0 Å². The first-order valence-corrected chi connectivity index (χ1v) is 7.06. The van der Waals surface area contributed by atoms with E-state index < -0.39 is 19.9 Å². The van der Waals surface area contributed by atoms with E-state index in [9.17, 15) is 12.8 Å². The van der Waals surface area contributed by atoms with Gasteiger partial charge in [-0.25, -0.2) is 13.1 Å². The summed E-state index contributed by atoms with van der Waals surface area (Å²) in [7, 11) is 1.00. The van der Waals surface area contributed by atoms with Crippen LogP contribution >= 0.6 is 10.7 Å². The van der Waals surface area contributed by atoms with Crippen LogP contribution in [0.5, 0.6) is 0 Å². The Morgan fingerprint density at radius 2 is 2.12 bits per heavy atom. The summed E-state index contributed by atoms with van der Waals surface area (Å²) >= 11 is 0. The van der Waals surface area contributed by atoms with Crippen molar-refractivity contribution in [2.24, 2.45) is 0 Å². The van der Waals surface area contributed by atoms with E-state index in [2.05, 4.69) is 5.10 Å². The summed E-state index contributed by atoms with van der Waals surface area (Å²) in [5.41, 5.74) is 0. The molecule has 0 spiro atoms. The van der Waals surface area contributed by atoms with Gasteiger partial charge in [-0.15, -0.1) is 0 Å². The molecule has 16 heavy (non-hydrogen) atoms. The van der Waals surface area contributed by atoms with Crippen molar-refractivity contribution in [2.45, 2.75) is 23.8 Å². The first-order chi connectivity index (χ1) is 7.50. The van der Waals surface area contributed by atoms with Crippen LogP contribution in [-0.2, 0) is 13.8 Å². The predicted molar refractivity (Wildman–Crippen MR) is 54.3 cm³/mol. The van der Waals surface area contributed by atoms with E-state index in [1.807, 2.05) is 0 Å². The lowest BCUT2D eigenvalue weighted by Gasteiger charge is -2.22. The number of hydrogen-bond acceptors (Lipinski definition) is 4. The van der Waals surface area contributed by atoms with Crippen LogP contribution in [0.4, 0.5) is 4.39 Å². The summed E-state index contributed by atoms with van der Waals surface area (Å²) < 4.78 is 41.9. The topological polar surface area (TPSA) is 61.2 Å². The molecule has 1 aromatic rings. The predicted octanol–water partition coefficient (Wildman–Crippen LogP) is 1.30. The minimum Gasteiger partial charge on any atom is -0.381 e. The standard InChI is InChI=1S/C8H10ClFN2O3S/c9-16(13,14)7-5-11-12(8(7)10)6-1-3-15-4-2-6/h5-6H,1-4H2. The van der Waals surface area contributed by atoms with Crippen molar-refractivity contribution >= 4 is 19.7 Å². The molecule has 1 fully saturated rings. The summed E-state index contributed by atoms with van der Waals surface area (Å²) in [4.78, 5) is -0.569. The zero-order valence-corrected chi connectivity index (χ0v) is 9.84. The highest BCUT2D eigenvalue weighted by Gasteiger charge is 2.26. The van der Waals surface area contributed by atoms with Crippen LogP contribution in [0.15, 0.2) is 11.1 Å². The van der Waals surface area contributed by atoms with Gasteiger partial charge in [0.2, 0.25) is 5.95 Å². The first-order valence-electron chi connectivity index (χ1n) is 4.75. The average molecular weight is 269 g/mol. The Morgan fingerprint density at radius 1 is 1.50 bits per heavy atom. The molecule has 0 aliphatic carbocycles. The van der Waals surface area contributed by atoms with Gasteiger partial charge in [-0.2, -0.15) is 9.49 Å². The van der Waals surface area contributed by atoms with Gasteiger partial charge in [-0.1, -0.05) is 0 Å². The zero-order valence-electron chi connectivity index (χ0n) is 8.27. The minimum absolute atomic E-state index is 0.166. The molecule has 0 bridgehead atoms. The Hall–Kier alpha value is -0.660. The van der Waals surface area contributed by atoms with E-state index in [4.69, 9.17) is 15.4 Å². The monoisotopic (exact) mass is 268 g/mol. The van der Waals surface area contributed by atoms with Crippen molar-refractivity contribution in [3.05, 3.63) is 12.1 Å². The quantitative estimate of drug-likeness (QED) is 0.759. The third kappa shape index (κ3) is 2.21. The number of rotatable bonds is 2.